The molecule has 16 heavy (non-hydrogen) atoms. The molecular weight excluding hydrogens is 204 g/mol. The van der Waals surface area contributed by atoms with Crippen molar-refractivity contribution >= 4 is 17.3 Å². The highest BCUT2D eigenvalue weighted by Crippen LogP contribution is 2.15. The molecule has 0 aromatic heterocycles. The van der Waals surface area contributed by atoms with Gasteiger partial charge >= 0.3 is 5.97 Å². The summed E-state index contributed by atoms with van der Waals surface area (Å²) in [5.41, 5.74) is 7.25. The lowest BCUT2D eigenvalue weighted by Gasteiger charge is -2.19. The van der Waals surface area contributed by atoms with E-state index in [0.29, 0.717) is 5.69 Å². The van der Waals surface area contributed by atoms with E-state index in [0.717, 1.165) is 5.69 Å². The van der Waals surface area contributed by atoms with Crippen molar-refractivity contribution in [2.75, 3.05) is 24.2 Å². The fourth-order valence-electron chi connectivity index (χ4n) is 1.35. The molecule has 0 atom stereocenters. The van der Waals surface area contributed by atoms with Crippen LogP contribution in [0.2, 0.25) is 0 Å². The number of nitrogen functional groups attached to an aromatic ring is 1. The molecule has 0 fully saturated rings. The molecule has 0 aliphatic carbocycles. The molecule has 4 nitrogen and oxygen atoms in total. The van der Waals surface area contributed by atoms with Crippen LogP contribution in [0.25, 0.3) is 0 Å². The van der Waals surface area contributed by atoms with E-state index >= 15 is 0 Å². The molecule has 4 heteroatoms. The normalized spacial score (nSPS) is 10.2. The molecule has 2 N–H and O–H groups in total. The molecule has 1 rings (SSSR count). The van der Waals surface area contributed by atoms with Gasteiger partial charge in [0.05, 0.1) is 6.10 Å². The minimum Gasteiger partial charge on any atom is -0.462 e. The first-order chi connectivity index (χ1) is 7.49. The minimum atomic E-state index is -0.236. The maximum absolute atomic E-state index is 11.4. The van der Waals surface area contributed by atoms with Crippen molar-refractivity contribution in [3.63, 3.8) is 0 Å². The van der Waals surface area contributed by atoms with Gasteiger partial charge in [-0.15, -0.1) is 0 Å². The smallest absolute Gasteiger partial charge is 0.325 e. The Balaban J connectivity index is 2.58. The highest BCUT2D eigenvalue weighted by atomic mass is 16.5. The summed E-state index contributed by atoms with van der Waals surface area (Å²) in [4.78, 5) is 13.2. The fourth-order valence-corrected chi connectivity index (χ4v) is 1.35. The highest BCUT2D eigenvalue weighted by molar-refractivity contribution is 5.76. The molecule has 0 spiro atoms. The van der Waals surface area contributed by atoms with E-state index in [1.165, 1.54) is 0 Å². The van der Waals surface area contributed by atoms with Crippen molar-refractivity contribution in [1.29, 1.82) is 0 Å². The number of hydrogen-bond donors (Lipinski definition) is 1. The quantitative estimate of drug-likeness (QED) is 0.621. The zero-order valence-corrected chi connectivity index (χ0v) is 9.93. The number of likely N-dealkylation sites (N-methyl/N-ethyl adjacent to an activating group) is 1. The predicted molar refractivity (Wildman–Crippen MR) is 65.4 cm³/mol. The topological polar surface area (TPSA) is 55.6 Å². The molecule has 0 heterocycles. The molecule has 0 radical (unpaired) electrons. The van der Waals surface area contributed by atoms with E-state index in [1.54, 1.807) is 4.90 Å². The van der Waals surface area contributed by atoms with Gasteiger partial charge in [0.15, 0.2) is 0 Å². The van der Waals surface area contributed by atoms with E-state index in [-0.39, 0.29) is 18.6 Å². The number of hydrogen-bond acceptors (Lipinski definition) is 4. The van der Waals surface area contributed by atoms with Crippen molar-refractivity contribution in [3.8, 4) is 0 Å². The van der Waals surface area contributed by atoms with Gasteiger partial charge in [0.2, 0.25) is 0 Å². The van der Waals surface area contributed by atoms with E-state index in [9.17, 15) is 4.79 Å². The van der Waals surface area contributed by atoms with Crippen LogP contribution in [-0.2, 0) is 9.53 Å². The maximum Gasteiger partial charge on any atom is 0.325 e. The largest absolute Gasteiger partial charge is 0.462 e. The Labute approximate surface area is 96.0 Å². The van der Waals surface area contributed by atoms with Crippen molar-refractivity contribution in [3.05, 3.63) is 24.3 Å². The first-order valence-electron chi connectivity index (χ1n) is 5.25. The third-order valence-electron chi connectivity index (χ3n) is 2.04. The van der Waals surface area contributed by atoms with Crippen molar-refractivity contribution < 1.29 is 9.53 Å². The van der Waals surface area contributed by atoms with E-state index in [4.69, 9.17) is 10.5 Å². The molecule has 0 aliphatic rings. The molecule has 0 unspecified atom stereocenters. The van der Waals surface area contributed by atoms with Crippen LogP contribution in [0.4, 0.5) is 11.4 Å². The van der Waals surface area contributed by atoms with Gasteiger partial charge in [0.25, 0.3) is 0 Å². The first kappa shape index (κ1) is 12.4. The number of nitrogens with two attached hydrogens (primary N) is 1. The van der Waals surface area contributed by atoms with Gasteiger partial charge in [-0.3, -0.25) is 4.79 Å². The summed E-state index contributed by atoms with van der Waals surface area (Å²) in [5.74, 6) is -0.236. The summed E-state index contributed by atoms with van der Waals surface area (Å²) >= 11 is 0. The Morgan fingerprint density at radius 2 is 2.19 bits per heavy atom. The van der Waals surface area contributed by atoms with Gasteiger partial charge in [0, 0.05) is 18.4 Å². The Bertz CT molecular complexity index is 364. The van der Waals surface area contributed by atoms with Gasteiger partial charge in [0.1, 0.15) is 6.54 Å². The Hall–Kier alpha value is -1.71. The van der Waals surface area contributed by atoms with Crippen molar-refractivity contribution in [2.45, 2.75) is 20.0 Å². The van der Waals surface area contributed by atoms with Gasteiger partial charge in [-0.05, 0) is 32.0 Å². The minimum absolute atomic E-state index is 0.0817. The first-order valence-corrected chi connectivity index (χ1v) is 5.25. The van der Waals surface area contributed by atoms with Crippen LogP contribution in [0, 0.1) is 0 Å². The number of nitrogens with zero attached hydrogens (tertiary/aromatic N) is 1. The molecule has 1 aromatic carbocycles. The Morgan fingerprint density at radius 3 is 2.75 bits per heavy atom. The van der Waals surface area contributed by atoms with Crippen LogP contribution in [0.1, 0.15) is 13.8 Å². The van der Waals surface area contributed by atoms with Gasteiger partial charge in [-0.2, -0.15) is 0 Å². The molecule has 0 saturated carbocycles. The lowest BCUT2D eigenvalue weighted by atomic mass is 10.2. The standard InChI is InChI=1S/C12H18N2O2/c1-9(2)16-12(15)8-14(3)11-6-4-5-10(13)7-11/h4-7,9H,8,13H2,1-3H3. The number of anilines is 2. The monoisotopic (exact) mass is 222 g/mol. The molecule has 1 aromatic rings. The number of ether oxygens (including phenoxy) is 1. The predicted octanol–water partition coefficient (Wildman–Crippen LogP) is 1.66. The van der Waals surface area contributed by atoms with Crippen LogP contribution in [0.3, 0.4) is 0 Å². The number of carbonyl (C=O) groups excluding carboxylic acids is 1. The second-order valence-electron chi connectivity index (χ2n) is 3.99. The molecule has 0 saturated heterocycles. The van der Waals surface area contributed by atoms with Crippen LogP contribution in [-0.4, -0.2) is 25.7 Å². The maximum atomic E-state index is 11.4. The third kappa shape index (κ3) is 3.81. The van der Waals surface area contributed by atoms with E-state index in [2.05, 4.69) is 0 Å². The molecule has 0 amide bonds. The van der Waals surface area contributed by atoms with Crippen LogP contribution >= 0.6 is 0 Å². The SMILES string of the molecule is CC(C)OC(=O)CN(C)c1cccc(N)c1. The number of benzene rings is 1. The number of esters is 1. The second kappa shape index (κ2) is 5.39. The summed E-state index contributed by atoms with van der Waals surface area (Å²) in [7, 11) is 1.83. The average molecular weight is 222 g/mol. The summed E-state index contributed by atoms with van der Waals surface area (Å²) in [6.07, 6.45) is -0.0817. The second-order valence-corrected chi connectivity index (χ2v) is 3.99. The molecule has 0 aliphatic heterocycles. The van der Waals surface area contributed by atoms with Crippen molar-refractivity contribution in [1.82, 2.24) is 0 Å². The van der Waals surface area contributed by atoms with Crippen LogP contribution < -0.4 is 10.6 Å². The third-order valence-corrected chi connectivity index (χ3v) is 2.04. The molecule has 0 bridgehead atoms. The highest BCUT2D eigenvalue weighted by Gasteiger charge is 2.10. The lowest BCUT2D eigenvalue weighted by Crippen LogP contribution is -2.28. The summed E-state index contributed by atoms with van der Waals surface area (Å²) < 4.78 is 5.06. The summed E-state index contributed by atoms with van der Waals surface area (Å²) in [6.45, 7) is 3.89. The van der Waals surface area contributed by atoms with Crippen LogP contribution in [0.15, 0.2) is 24.3 Å². The zero-order valence-electron chi connectivity index (χ0n) is 9.93. The van der Waals surface area contributed by atoms with E-state index < -0.39 is 0 Å². The van der Waals surface area contributed by atoms with Crippen LogP contribution in [0.5, 0.6) is 0 Å². The lowest BCUT2D eigenvalue weighted by molar-refractivity contribution is -0.145. The van der Waals surface area contributed by atoms with Gasteiger partial charge in [-0.1, -0.05) is 6.07 Å². The molecular formula is C12H18N2O2. The number of rotatable bonds is 4. The van der Waals surface area contributed by atoms with Gasteiger partial charge in [-0.25, -0.2) is 0 Å². The average Bonchev–Trinajstić information content (AvgIpc) is 2.16. The Morgan fingerprint density at radius 1 is 1.50 bits per heavy atom. The van der Waals surface area contributed by atoms with E-state index in [1.807, 2.05) is 45.2 Å². The number of carbonyl (C=O) groups is 1. The summed E-state index contributed by atoms with van der Waals surface area (Å²) in [6, 6.07) is 7.39. The fraction of sp³-hybridized carbons (Fsp3) is 0.417. The molecule has 88 valence electrons. The summed E-state index contributed by atoms with van der Waals surface area (Å²) in [5, 5.41) is 0. The van der Waals surface area contributed by atoms with Gasteiger partial charge < -0.3 is 15.4 Å². The zero-order chi connectivity index (χ0) is 12.1. The van der Waals surface area contributed by atoms with Crippen molar-refractivity contribution in [2.24, 2.45) is 0 Å². The Kier molecular flexibility index (Phi) is 4.17.